The Balaban J connectivity index is 2.57. The van der Waals surface area contributed by atoms with Crippen LogP contribution in [0.4, 0.5) is 0 Å². The fraction of sp³-hybridized carbons (Fsp3) is 0.727. The molecule has 1 aliphatic rings. The molecule has 0 bridgehead atoms. The number of hydrogen-bond donors (Lipinski definition) is 1. The maximum atomic E-state index is 12.1. The van der Waals surface area contributed by atoms with E-state index in [1.54, 1.807) is 11.0 Å². The van der Waals surface area contributed by atoms with E-state index in [1.165, 1.54) is 0 Å². The minimum absolute atomic E-state index is 0.0988. The van der Waals surface area contributed by atoms with E-state index in [1.807, 2.05) is 0 Å². The van der Waals surface area contributed by atoms with Crippen LogP contribution >= 0.6 is 0 Å². The summed E-state index contributed by atoms with van der Waals surface area (Å²) >= 11 is 0. The molecule has 4 heteroatoms. The third-order valence-electron chi connectivity index (χ3n) is 2.60. The van der Waals surface area contributed by atoms with E-state index in [-0.39, 0.29) is 17.9 Å². The maximum absolute atomic E-state index is 12.1. The molecule has 4 nitrogen and oxygen atoms in total. The van der Waals surface area contributed by atoms with Crippen molar-refractivity contribution in [2.75, 3.05) is 26.3 Å². The van der Waals surface area contributed by atoms with E-state index >= 15 is 0 Å². The Morgan fingerprint density at radius 1 is 1.67 bits per heavy atom. The molecule has 1 rings (SSSR count). The monoisotopic (exact) mass is 212 g/mol. The van der Waals surface area contributed by atoms with Crippen LogP contribution in [0.3, 0.4) is 0 Å². The number of nitrogens with two attached hydrogens (primary N) is 1. The van der Waals surface area contributed by atoms with Crippen molar-refractivity contribution in [3.05, 3.63) is 12.7 Å². The number of carbonyl (C=O) groups excluding carboxylic acids is 1. The Labute approximate surface area is 91.1 Å². The van der Waals surface area contributed by atoms with E-state index < -0.39 is 0 Å². The zero-order valence-electron chi connectivity index (χ0n) is 9.32. The first-order valence-corrected chi connectivity index (χ1v) is 5.43. The molecular formula is C11H20N2O2. The first-order chi connectivity index (χ1) is 7.20. The third-order valence-corrected chi connectivity index (χ3v) is 2.60. The van der Waals surface area contributed by atoms with Crippen LogP contribution in [0.5, 0.6) is 0 Å². The smallest absolute Gasteiger partial charge is 0.229 e. The van der Waals surface area contributed by atoms with Crippen molar-refractivity contribution >= 4 is 5.91 Å². The summed E-state index contributed by atoms with van der Waals surface area (Å²) in [4.78, 5) is 13.9. The van der Waals surface area contributed by atoms with Gasteiger partial charge in [0.15, 0.2) is 0 Å². The normalized spacial score (nSPS) is 25.2. The first-order valence-electron chi connectivity index (χ1n) is 5.43. The van der Waals surface area contributed by atoms with Gasteiger partial charge in [0.05, 0.1) is 19.1 Å². The Morgan fingerprint density at radius 2 is 2.40 bits per heavy atom. The molecule has 1 heterocycles. The maximum Gasteiger partial charge on any atom is 0.229 e. The molecule has 0 radical (unpaired) electrons. The summed E-state index contributed by atoms with van der Waals surface area (Å²) in [6, 6.07) is -0.151. The van der Waals surface area contributed by atoms with Gasteiger partial charge >= 0.3 is 0 Å². The predicted molar refractivity (Wildman–Crippen MR) is 59.4 cm³/mol. The lowest BCUT2D eigenvalue weighted by atomic mass is 10.0. The lowest BCUT2D eigenvalue weighted by Gasteiger charge is -2.24. The SMILES string of the molecule is C=CCN(CCC)C(=O)C1COCC1N. The second-order valence-corrected chi connectivity index (χ2v) is 3.88. The molecule has 0 aromatic heterocycles. The Morgan fingerprint density at radius 3 is 2.87 bits per heavy atom. The van der Waals surface area contributed by atoms with Crippen molar-refractivity contribution in [1.82, 2.24) is 4.90 Å². The van der Waals surface area contributed by atoms with Gasteiger partial charge in [0.2, 0.25) is 5.91 Å². The quantitative estimate of drug-likeness (QED) is 0.670. The topological polar surface area (TPSA) is 55.6 Å². The molecule has 1 fully saturated rings. The van der Waals surface area contributed by atoms with Crippen LogP contribution in [-0.2, 0) is 9.53 Å². The number of amides is 1. The molecule has 1 amide bonds. The van der Waals surface area contributed by atoms with Crippen LogP contribution in [0.1, 0.15) is 13.3 Å². The number of ether oxygens (including phenoxy) is 1. The molecule has 15 heavy (non-hydrogen) atoms. The summed E-state index contributed by atoms with van der Waals surface area (Å²) in [5.41, 5.74) is 5.81. The van der Waals surface area contributed by atoms with E-state index in [0.717, 1.165) is 13.0 Å². The van der Waals surface area contributed by atoms with E-state index in [4.69, 9.17) is 10.5 Å². The summed E-state index contributed by atoms with van der Waals surface area (Å²) in [5, 5.41) is 0. The average molecular weight is 212 g/mol. The number of carbonyl (C=O) groups is 1. The average Bonchev–Trinajstić information content (AvgIpc) is 2.63. The lowest BCUT2D eigenvalue weighted by molar-refractivity contribution is -0.135. The van der Waals surface area contributed by atoms with Gasteiger partial charge in [-0.1, -0.05) is 13.0 Å². The Kier molecular flexibility index (Phi) is 4.78. The van der Waals surface area contributed by atoms with Crippen molar-refractivity contribution in [1.29, 1.82) is 0 Å². The molecule has 2 atom stereocenters. The number of nitrogens with zero attached hydrogens (tertiary/aromatic N) is 1. The van der Waals surface area contributed by atoms with Gasteiger partial charge in [-0.25, -0.2) is 0 Å². The number of hydrogen-bond acceptors (Lipinski definition) is 3. The van der Waals surface area contributed by atoms with Crippen LogP contribution in [0, 0.1) is 5.92 Å². The van der Waals surface area contributed by atoms with Crippen LogP contribution in [0.2, 0.25) is 0 Å². The minimum atomic E-state index is -0.170. The summed E-state index contributed by atoms with van der Waals surface area (Å²) in [6.07, 6.45) is 2.69. The lowest BCUT2D eigenvalue weighted by Crippen LogP contribution is -2.44. The summed E-state index contributed by atoms with van der Waals surface area (Å²) in [7, 11) is 0. The van der Waals surface area contributed by atoms with E-state index in [9.17, 15) is 4.79 Å². The molecule has 0 saturated carbocycles. The highest BCUT2D eigenvalue weighted by Crippen LogP contribution is 2.15. The molecule has 86 valence electrons. The molecule has 1 saturated heterocycles. The van der Waals surface area contributed by atoms with E-state index in [2.05, 4.69) is 13.5 Å². The third kappa shape index (κ3) is 3.04. The van der Waals surface area contributed by atoms with Crippen molar-refractivity contribution in [2.24, 2.45) is 11.7 Å². The highest BCUT2D eigenvalue weighted by Gasteiger charge is 2.33. The molecule has 0 spiro atoms. The highest BCUT2D eigenvalue weighted by molar-refractivity contribution is 5.80. The zero-order valence-corrected chi connectivity index (χ0v) is 9.32. The summed E-state index contributed by atoms with van der Waals surface area (Å²) in [5.74, 6) is -0.0711. The van der Waals surface area contributed by atoms with Gasteiger partial charge in [0.1, 0.15) is 0 Å². The van der Waals surface area contributed by atoms with Gasteiger partial charge in [-0.05, 0) is 6.42 Å². The largest absolute Gasteiger partial charge is 0.379 e. The first kappa shape index (κ1) is 12.2. The van der Waals surface area contributed by atoms with Gasteiger partial charge in [-0.2, -0.15) is 0 Å². The molecule has 2 unspecified atom stereocenters. The predicted octanol–water partition coefficient (Wildman–Crippen LogP) is 0.385. The fourth-order valence-electron chi connectivity index (χ4n) is 1.78. The molecule has 0 aromatic carbocycles. The summed E-state index contributed by atoms with van der Waals surface area (Å²) in [6.45, 7) is 8.00. The van der Waals surface area contributed by atoms with Crippen LogP contribution in [0.15, 0.2) is 12.7 Å². The summed E-state index contributed by atoms with van der Waals surface area (Å²) < 4.78 is 5.20. The van der Waals surface area contributed by atoms with Crippen LogP contribution < -0.4 is 5.73 Å². The number of rotatable bonds is 5. The second kappa shape index (κ2) is 5.88. The van der Waals surface area contributed by atoms with Crippen molar-refractivity contribution in [3.63, 3.8) is 0 Å². The standard InChI is InChI=1S/C11H20N2O2/c1-3-5-13(6-4-2)11(14)9-7-15-8-10(9)12/h3,9-10H,1,4-8,12H2,2H3. The highest BCUT2D eigenvalue weighted by atomic mass is 16.5. The van der Waals surface area contributed by atoms with Gasteiger partial charge in [-0.3, -0.25) is 4.79 Å². The van der Waals surface area contributed by atoms with Gasteiger partial charge < -0.3 is 15.4 Å². The molecular weight excluding hydrogens is 192 g/mol. The molecule has 2 N–H and O–H groups in total. The molecule has 1 aliphatic heterocycles. The van der Waals surface area contributed by atoms with Crippen molar-refractivity contribution in [3.8, 4) is 0 Å². The van der Waals surface area contributed by atoms with Crippen LogP contribution in [0.25, 0.3) is 0 Å². The van der Waals surface area contributed by atoms with Crippen LogP contribution in [-0.4, -0.2) is 43.2 Å². The van der Waals surface area contributed by atoms with E-state index in [0.29, 0.717) is 19.8 Å². The van der Waals surface area contributed by atoms with Gasteiger partial charge in [0.25, 0.3) is 0 Å². The Bertz CT molecular complexity index is 231. The minimum Gasteiger partial charge on any atom is -0.379 e. The van der Waals surface area contributed by atoms with Crippen molar-refractivity contribution < 1.29 is 9.53 Å². The second-order valence-electron chi connectivity index (χ2n) is 3.88. The zero-order chi connectivity index (χ0) is 11.3. The van der Waals surface area contributed by atoms with Gasteiger partial charge in [0, 0.05) is 19.1 Å². The molecule has 0 aromatic rings. The molecule has 0 aliphatic carbocycles. The van der Waals surface area contributed by atoms with Gasteiger partial charge in [-0.15, -0.1) is 6.58 Å². The fourth-order valence-corrected chi connectivity index (χ4v) is 1.78. The van der Waals surface area contributed by atoms with Crippen molar-refractivity contribution in [2.45, 2.75) is 19.4 Å². The Hall–Kier alpha value is -0.870.